The molecule has 1 atom stereocenters. The molecule has 174 valence electrons. The number of benzene rings is 2. The van der Waals surface area contributed by atoms with Crippen LogP contribution < -0.4 is 10.5 Å². The van der Waals surface area contributed by atoms with Gasteiger partial charge in [0, 0.05) is 17.8 Å². The molecule has 4 aromatic rings. The van der Waals surface area contributed by atoms with Crippen LogP contribution in [0.3, 0.4) is 0 Å². The van der Waals surface area contributed by atoms with E-state index in [-0.39, 0.29) is 17.6 Å². The first-order chi connectivity index (χ1) is 16.6. The van der Waals surface area contributed by atoms with E-state index < -0.39 is 0 Å². The van der Waals surface area contributed by atoms with Crippen molar-refractivity contribution in [2.75, 3.05) is 11.4 Å². The van der Waals surface area contributed by atoms with Gasteiger partial charge < -0.3 is 9.88 Å². The molecule has 2 aromatic carbocycles. The Kier molecular flexibility index (Phi) is 5.20. The summed E-state index contributed by atoms with van der Waals surface area (Å²) in [4.78, 5) is 19.1. The Balaban J connectivity index is 1.55. The van der Waals surface area contributed by atoms with Gasteiger partial charge in [-0.3, -0.25) is 4.79 Å². The van der Waals surface area contributed by atoms with Gasteiger partial charge in [-0.1, -0.05) is 49.6 Å². The van der Waals surface area contributed by atoms with E-state index in [2.05, 4.69) is 75.7 Å². The molecule has 0 saturated heterocycles. The molecule has 3 heterocycles. The van der Waals surface area contributed by atoms with Crippen molar-refractivity contribution in [3.05, 3.63) is 80.9 Å². The predicted octanol–water partition coefficient (Wildman–Crippen LogP) is 4.79. The fourth-order valence-corrected chi connectivity index (χ4v) is 5.79. The summed E-state index contributed by atoms with van der Waals surface area (Å²) < 4.78 is 2.01. The Bertz CT molecular complexity index is 1410. The molecule has 1 fully saturated rings. The lowest BCUT2D eigenvalue weighted by atomic mass is 9.95. The molecule has 1 aliphatic carbocycles. The minimum Gasteiger partial charge on any atom is -0.357 e. The second kappa shape index (κ2) is 8.38. The number of nitrogens with zero attached hydrogens (tertiary/aromatic N) is 5. The topological polar surface area (TPSA) is 79.7 Å². The van der Waals surface area contributed by atoms with Crippen LogP contribution in [0.2, 0.25) is 0 Å². The van der Waals surface area contributed by atoms with Crippen LogP contribution in [0.4, 0.5) is 5.69 Å². The Morgan fingerprint density at radius 3 is 2.74 bits per heavy atom. The zero-order valence-corrected chi connectivity index (χ0v) is 19.8. The molecule has 0 amide bonds. The smallest absolute Gasteiger partial charge is 0.254 e. The van der Waals surface area contributed by atoms with Crippen LogP contribution in [-0.4, -0.2) is 31.7 Å². The first-order valence-corrected chi connectivity index (χ1v) is 12.4. The highest BCUT2D eigenvalue weighted by molar-refractivity contribution is 5.83. The van der Waals surface area contributed by atoms with Gasteiger partial charge in [-0.15, -0.1) is 5.10 Å². The number of para-hydroxylation sites is 1. The fraction of sp³-hybridized carbons (Fsp3) is 0.407. The number of tetrazole rings is 1. The van der Waals surface area contributed by atoms with E-state index in [1.807, 2.05) is 10.7 Å². The normalized spacial score (nSPS) is 17.3. The van der Waals surface area contributed by atoms with Crippen molar-refractivity contribution >= 4 is 16.6 Å². The summed E-state index contributed by atoms with van der Waals surface area (Å²) in [5.41, 5.74) is 6.26. The van der Waals surface area contributed by atoms with Crippen LogP contribution in [0.25, 0.3) is 10.9 Å². The van der Waals surface area contributed by atoms with Crippen molar-refractivity contribution in [1.82, 2.24) is 25.2 Å². The molecule has 0 radical (unpaired) electrons. The molecular formula is C27H30N6O. The van der Waals surface area contributed by atoms with Crippen molar-refractivity contribution in [2.45, 2.75) is 64.5 Å². The monoisotopic (exact) mass is 454 g/mol. The highest BCUT2D eigenvalue weighted by Gasteiger charge is 2.35. The van der Waals surface area contributed by atoms with Crippen molar-refractivity contribution in [1.29, 1.82) is 0 Å². The molecule has 0 bridgehead atoms. The average Bonchev–Trinajstić information content (AvgIpc) is 3.51. The minimum absolute atomic E-state index is 0.0752. The first-order valence-electron chi connectivity index (χ1n) is 12.4. The number of anilines is 1. The summed E-state index contributed by atoms with van der Waals surface area (Å²) in [5, 5.41) is 14.1. The van der Waals surface area contributed by atoms with E-state index in [4.69, 9.17) is 0 Å². The van der Waals surface area contributed by atoms with E-state index in [9.17, 15) is 4.79 Å². The average molecular weight is 455 g/mol. The predicted molar refractivity (Wildman–Crippen MR) is 133 cm³/mol. The Morgan fingerprint density at radius 1 is 1.06 bits per heavy atom. The molecule has 6 rings (SSSR count). The second-order valence-electron chi connectivity index (χ2n) is 9.77. The standard InChI is InChI=1S/C27H30N6O/c1-17-12-13-20-16-22(27(34)28-24(20)18(17)2)25(32-15-14-19-8-6-7-11-23(19)32)26-29-30-31-33(26)21-9-4-3-5-10-21/h6-8,11-13,16,21,25H,3-5,9-10,14-15H2,1-2H3,(H,28,34)/t25-/m0/s1. The Labute approximate surface area is 198 Å². The third-order valence-electron chi connectivity index (χ3n) is 7.79. The number of aromatic amines is 1. The number of nitrogens with one attached hydrogen (secondary N) is 1. The molecule has 1 saturated carbocycles. The maximum Gasteiger partial charge on any atom is 0.254 e. The number of rotatable bonds is 4. The van der Waals surface area contributed by atoms with E-state index in [0.717, 1.165) is 53.8 Å². The van der Waals surface area contributed by atoms with Gasteiger partial charge in [0.15, 0.2) is 5.82 Å². The zero-order chi connectivity index (χ0) is 23.2. The number of fused-ring (bicyclic) bond motifs is 2. The fourth-order valence-electron chi connectivity index (χ4n) is 5.79. The lowest BCUT2D eigenvalue weighted by Gasteiger charge is -2.31. The molecule has 7 heteroatoms. The van der Waals surface area contributed by atoms with Crippen LogP contribution in [-0.2, 0) is 6.42 Å². The van der Waals surface area contributed by atoms with Crippen LogP contribution in [0.1, 0.15) is 72.3 Å². The maximum absolute atomic E-state index is 13.6. The summed E-state index contributed by atoms with van der Waals surface area (Å²) in [7, 11) is 0. The molecule has 2 aromatic heterocycles. The van der Waals surface area contributed by atoms with Gasteiger partial charge in [0.1, 0.15) is 6.04 Å². The van der Waals surface area contributed by atoms with E-state index in [1.165, 1.54) is 30.4 Å². The molecule has 1 N–H and O–H groups in total. The van der Waals surface area contributed by atoms with Crippen molar-refractivity contribution in [3.8, 4) is 0 Å². The zero-order valence-electron chi connectivity index (χ0n) is 19.8. The number of H-pyrrole nitrogens is 1. The third kappa shape index (κ3) is 3.42. The van der Waals surface area contributed by atoms with Gasteiger partial charge in [0.25, 0.3) is 5.56 Å². The highest BCUT2D eigenvalue weighted by Crippen LogP contribution is 2.39. The second-order valence-corrected chi connectivity index (χ2v) is 9.77. The Hall–Kier alpha value is -3.48. The molecule has 1 aliphatic heterocycles. The van der Waals surface area contributed by atoms with E-state index in [0.29, 0.717) is 5.56 Å². The van der Waals surface area contributed by atoms with Crippen molar-refractivity contribution in [2.24, 2.45) is 0 Å². The van der Waals surface area contributed by atoms with E-state index in [1.54, 1.807) is 0 Å². The molecule has 0 unspecified atom stereocenters. The van der Waals surface area contributed by atoms with Gasteiger partial charge in [0.05, 0.1) is 11.6 Å². The lowest BCUT2D eigenvalue weighted by Crippen LogP contribution is -2.35. The Morgan fingerprint density at radius 2 is 1.88 bits per heavy atom. The summed E-state index contributed by atoms with van der Waals surface area (Å²) in [6.45, 7) is 4.96. The first kappa shape index (κ1) is 21.1. The van der Waals surface area contributed by atoms with Gasteiger partial charge in [-0.25, -0.2) is 4.68 Å². The van der Waals surface area contributed by atoms with Crippen LogP contribution in [0, 0.1) is 13.8 Å². The summed E-state index contributed by atoms with van der Waals surface area (Å²) in [6, 6.07) is 14.7. The summed E-state index contributed by atoms with van der Waals surface area (Å²) in [5.74, 6) is 0.761. The van der Waals surface area contributed by atoms with Gasteiger partial charge >= 0.3 is 0 Å². The van der Waals surface area contributed by atoms with Gasteiger partial charge in [0.2, 0.25) is 0 Å². The van der Waals surface area contributed by atoms with Gasteiger partial charge in [-0.2, -0.15) is 0 Å². The number of aryl methyl sites for hydroxylation is 2. The maximum atomic E-state index is 13.6. The third-order valence-corrected chi connectivity index (χ3v) is 7.79. The molecular weight excluding hydrogens is 424 g/mol. The molecule has 2 aliphatic rings. The summed E-state index contributed by atoms with van der Waals surface area (Å²) >= 11 is 0. The van der Waals surface area contributed by atoms with Gasteiger partial charge in [-0.05, 0) is 77.7 Å². The lowest BCUT2D eigenvalue weighted by molar-refractivity contribution is 0.313. The summed E-state index contributed by atoms with van der Waals surface area (Å²) in [6.07, 6.45) is 6.75. The van der Waals surface area contributed by atoms with Crippen LogP contribution in [0.15, 0.2) is 47.3 Å². The number of hydrogen-bond acceptors (Lipinski definition) is 5. The SMILES string of the molecule is Cc1ccc2cc([C@@H](c3nnnn3C3CCCCC3)N3CCc4ccccc43)c(=O)[nH]c2c1C. The van der Waals surface area contributed by atoms with Crippen LogP contribution in [0.5, 0.6) is 0 Å². The quantitative estimate of drug-likeness (QED) is 0.480. The molecule has 0 spiro atoms. The number of hydrogen-bond donors (Lipinski definition) is 1. The van der Waals surface area contributed by atoms with Crippen molar-refractivity contribution in [3.63, 3.8) is 0 Å². The number of pyridine rings is 1. The van der Waals surface area contributed by atoms with E-state index >= 15 is 0 Å². The van der Waals surface area contributed by atoms with Crippen LogP contribution >= 0.6 is 0 Å². The highest BCUT2D eigenvalue weighted by atomic mass is 16.1. The van der Waals surface area contributed by atoms with Crippen molar-refractivity contribution < 1.29 is 0 Å². The number of aromatic nitrogens is 5. The molecule has 34 heavy (non-hydrogen) atoms. The largest absolute Gasteiger partial charge is 0.357 e. The molecule has 7 nitrogen and oxygen atoms in total. The minimum atomic E-state index is -0.352.